The molecule has 0 heterocycles. The van der Waals surface area contributed by atoms with E-state index in [0.717, 1.165) is 10.8 Å². The highest BCUT2D eigenvalue weighted by Gasteiger charge is 2.17. The zero-order valence-electron chi connectivity index (χ0n) is 18.4. The summed E-state index contributed by atoms with van der Waals surface area (Å²) in [7, 11) is 4.04. The maximum atomic E-state index is 12.7. The van der Waals surface area contributed by atoms with Gasteiger partial charge in [0.2, 0.25) is 0 Å². The molecule has 3 unspecified atom stereocenters. The topological polar surface area (TPSA) is 104 Å². The summed E-state index contributed by atoms with van der Waals surface area (Å²) >= 11 is -5.14. The van der Waals surface area contributed by atoms with Crippen molar-refractivity contribution < 1.29 is 25.2 Å². The van der Waals surface area contributed by atoms with Crippen molar-refractivity contribution in [2.24, 2.45) is 10.2 Å². The highest BCUT2D eigenvalue weighted by atomic mass is 32.2. The van der Waals surface area contributed by atoms with Gasteiger partial charge in [0.05, 0.1) is 47.4 Å². The van der Waals surface area contributed by atoms with Gasteiger partial charge in [0.15, 0.2) is 33.2 Å². The molecule has 3 atom stereocenters. The zero-order valence-corrected chi connectivity index (χ0v) is 20.9. The summed E-state index contributed by atoms with van der Waals surface area (Å²) in [5.41, 5.74) is 1.03. The van der Waals surface area contributed by atoms with Crippen molar-refractivity contribution in [3.63, 3.8) is 0 Å². The molecule has 0 radical (unpaired) electrons. The molecule has 0 saturated carbocycles. The average Bonchev–Trinajstić information content (AvgIpc) is 2.89. The molecule has 8 nitrogen and oxygen atoms in total. The van der Waals surface area contributed by atoms with Gasteiger partial charge < -0.3 is 0 Å². The Hall–Kier alpha value is -2.67. The van der Waals surface area contributed by atoms with Gasteiger partial charge in [0.1, 0.15) is 0 Å². The third kappa shape index (κ3) is 4.76. The lowest BCUT2D eigenvalue weighted by Crippen LogP contribution is -1.99. The van der Waals surface area contributed by atoms with E-state index in [1.165, 1.54) is 27.4 Å². The van der Waals surface area contributed by atoms with Gasteiger partial charge >= 0.3 is 0 Å². The van der Waals surface area contributed by atoms with Crippen LogP contribution >= 0.6 is 0 Å². The summed E-state index contributed by atoms with van der Waals surface area (Å²) in [6.07, 6.45) is 0. The number of rotatable bonds is 8. The maximum absolute atomic E-state index is 12.7. The quantitative estimate of drug-likeness (QED) is 0.290. The Morgan fingerprint density at radius 2 is 1.26 bits per heavy atom. The molecule has 11 heteroatoms. The lowest BCUT2D eigenvalue weighted by atomic mass is 10.1. The van der Waals surface area contributed by atoms with Crippen LogP contribution in [-0.2, 0) is 45.8 Å². The van der Waals surface area contributed by atoms with Crippen molar-refractivity contribution in [3.05, 3.63) is 66.7 Å². The first-order valence-electron chi connectivity index (χ1n) is 9.87. The molecule has 0 amide bonds. The minimum atomic E-state index is -1.82. The number of fused-ring (bicyclic) bond motifs is 2. The van der Waals surface area contributed by atoms with E-state index in [0.29, 0.717) is 36.8 Å². The first-order valence-corrected chi connectivity index (χ1v) is 13.1. The van der Waals surface area contributed by atoms with E-state index in [4.69, 9.17) is 12.5 Å². The van der Waals surface area contributed by atoms with Crippen molar-refractivity contribution in [2.45, 2.75) is 14.7 Å². The van der Waals surface area contributed by atoms with Gasteiger partial charge in [-0.2, -0.15) is 0 Å². The molecule has 176 valence electrons. The predicted molar refractivity (Wildman–Crippen MR) is 132 cm³/mol. The Morgan fingerprint density at radius 3 is 1.97 bits per heavy atom. The Morgan fingerprint density at radius 1 is 0.618 bits per heavy atom. The normalized spacial score (nSPS) is 14.6. The monoisotopic (exact) mass is 516 g/mol. The molecular weight excluding hydrogens is 496 g/mol. The van der Waals surface area contributed by atoms with Crippen LogP contribution in [0.4, 0.5) is 11.4 Å². The van der Waals surface area contributed by atoms with Crippen LogP contribution in [0.25, 0.3) is 21.5 Å². The van der Waals surface area contributed by atoms with Crippen LogP contribution in [-0.4, -0.2) is 34.0 Å². The summed E-state index contributed by atoms with van der Waals surface area (Å²) in [6, 6.07) is 19.3. The fourth-order valence-corrected chi connectivity index (χ4v) is 5.74. The number of azo groups is 1. The van der Waals surface area contributed by atoms with Crippen LogP contribution in [0.3, 0.4) is 0 Å². The highest BCUT2D eigenvalue weighted by molar-refractivity contribution is 7.81. The molecule has 4 rings (SSSR count). The van der Waals surface area contributed by atoms with Gasteiger partial charge in [-0.05, 0) is 35.7 Å². The number of hydrogen-bond acceptors (Lipinski definition) is 8. The van der Waals surface area contributed by atoms with E-state index in [-0.39, 0.29) is 0 Å². The third-order valence-corrected chi connectivity index (χ3v) is 7.95. The van der Waals surface area contributed by atoms with Gasteiger partial charge in [-0.1, -0.05) is 36.4 Å². The van der Waals surface area contributed by atoms with Crippen LogP contribution < -0.4 is 0 Å². The Balaban J connectivity index is 1.88. The molecule has 0 spiro atoms. The van der Waals surface area contributed by atoms with E-state index < -0.39 is 33.2 Å². The molecule has 0 aromatic heterocycles. The number of benzene rings is 4. The first-order chi connectivity index (χ1) is 16.5. The second kappa shape index (κ2) is 10.7. The van der Waals surface area contributed by atoms with Gasteiger partial charge in [-0.15, -0.1) is 10.2 Å². The van der Waals surface area contributed by atoms with E-state index in [2.05, 4.69) is 10.2 Å². The van der Waals surface area contributed by atoms with Crippen molar-refractivity contribution in [1.29, 1.82) is 0 Å². The fourth-order valence-electron chi connectivity index (χ4n) is 3.53. The molecule has 0 N–H and O–H groups in total. The zero-order chi connectivity index (χ0) is 24.2. The Labute approximate surface area is 203 Å². The largest absolute Gasteiger partial charge is 0.290 e. The van der Waals surface area contributed by atoms with Crippen LogP contribution in [0.15, 0.2) is 91.6 Å². The highest BCUT2D eigenvalue weighted by Crippen LogP contribution is 2.36. The van der Waals surface area contributed by atoms with E-state index in [9.17, 15) is 12.6 Å². The van der Waals surface area contributed by atoms with Crippen molar-refractivity contribution in [2.75, 3.05) is 21.3 Å². The number of hydrogen-bond donors (Lipinski definition) is 0. The molecular formula is C23H20N2O6S3. The number of nitrogens with zero attached hydrogens (tertiary/aromatic N) is 2. The van der Waals surface area contributed by atoms with Gasteiger partial charge in [-0.25, -0.2) is 12.6 Å². The van der Waals surface area contributed by atoms with Crippen LogP contribution in [0.5, 0.6) is 0 Å². The molecule has 0 aliphatic heterocycles. The predicted octanol–water partition coefficient (Wildman–Crippen LogP) is 5.42. The van der Waals surface area contributed by atoms with Gasteiger partial charge in [-0.3, -0.25) is 12.5 Å². The molecule has 34 heavy (non-hydrogen) atoms. The second-order valence-electron chi connectivity index (χ2n) is 6.83. The average molecular weight is 517 g/mol. The van der Waals surface area contributed by atoms with Gasteiger partial charge in [0.25, 0.3) is 0 Å². The standard InChI is InChI=1S/C23H20N2O6S3/c1-29-32(26)16-13-15-7-6-10-20(23(15)22(14-16)34(28)31-3)25-24-19-11-12-21(33(27)30-2)18-9-5-4-8-17(18)19/h4-14H,1-3H3. The molecule has 0 aliphatic rings. The molecule has 0 bridgehead atoms. The van der Waals surface area contributed by atoms with Crippen LogP contribution in [0.2, 0.25) is 0 Å². The maximum Gasteiger partial charge on any atom is 0.189 e. The van der Waals surface area contributed by atoms with Crippen molar-refractivity contribution in [1.82, 2.24) is 0 Å². The van der Waals surface area contributed by atoms with Crippen LogP contribution in [0.1, 0.15) is 0 Å². The minimum absolute atomic E-state index is 0.311. The third-order valence-electron chi connectivity index (χ3n) is 5.02. The lowest BCUT2D eigenvalue weighted by molar-refractivity contribution is 0.444. The summed E-state index contributed by atoms with van der Waals surface area (Å²) < 4.78 is 52.1. The molecule has 0 saturated heterocycles. The Bertz CT molecular complexity index is 1490. The first kappa shape index (κ1) is 24.5. The van der Waals surface area contributed by atoms with E-state index in [1.807, 2.05) is 24.3 Å². The minimum Gasteiger partial charge on any atom is -0.290 e. The lowest BCUT2D eigenvalue weighted by Gasteiger charge is -2.10. The van der Waals surface area contributed by atoms with Gasteiger partial charge in [0, 0.05) is 16.2 Å². The summed E-state index contributed by atoms with van der Waals surface area (Å²) in [5.74, 6) is 0. The van der Waals surface area contributed by atoms with Crippen LogP contribution in [0, 0.1) is 0 Å². The summed E-state index contributed by atoms with van der Waals surface area (Å²) in [5, 5.41) is 11.6. The second-order valence-corrected chi connectivity index (χ2v) is 10.6. The molecule has 0 fully saturated rings. The smallest absolute Gasteiger partial charge is 0.189 e. The SMILES string of the molecule is COS(=O)c1cc(S(=O)OC)c2c(N=Nc3ccc(S(=O)OC)c4ccccc34)cccc2c1. The van der Waals surface area contributed by atoms with E-state index in [1.54, 1.807) is 36.4 Å². The van der Waals surface area contributed by atoms with Crippen molar-refractivity contribution in [3.8, 4) is 0 Å². The summed E-state index contributed by atoms with van der Waals surface area (Å²) in [4.78, 5) is 1.21. The van der Waals surface area contributed by atoms with E-state index >= 15 is 0 Å². The molecule has 4 aromatic rings. The Kier molecular flexibility index (Phi) is 7.71. The van der Waals surface area contributed by atoms with Crippen molar-refractivity contribution >= 4 is 66.2 Å². The fraction of sp³-hybridized carbons (Fsp3) is 0.130. The molecule has 4 aromatic carbocycles. The summed E-state index contributed by atoms with van der Waals surface area (Å²) in [6.45, 7) is 0. The molecule has 0 aliphatic carbocycles.